The van der Waals surface area contributed by atoms with Crippen LogP contribution in [0.2, 0.25) is 5.02 Å². The van der Waals surface area contributed by atoms with Crippen molar-refractivity contribution in [2.45, 2.75) is 0 Å². The van der Waals surface area contributed by atoms with E-state index in [4.69, 9.17) is 34.8 Å². The molecule has 0 aromatic heterocycles. The maximum atomic E-state index is 13.4. The molecule has 7 heteroatoms. The van der Waals surface area contributed by atoms with Crippen molar-refractivity contribution in [1.82, 2.24) is 5.32 Å². The fourth-order valence-corrected chi connectivity index (χ4v) is 8.99. The summed E-state index contributed by atoms with van der Waals surface area (Å²) in [6, 6.07) is 36.9. The minimum atomic E-state index is -2.67. The van der Waals surface area contributed by atoms with Crippen LogP contribution in [-0.4, -0.2) is 5.91 Å². The van der Waals surface area contributed by atoms with E-state index in [1.807, 2.05) is 91.0 Å². The predicted octanol–water partition coefficient (Wildman–Crippen LogP) is 3.67. The smallest absolute Gasteiger partial charge is 0.259 e. The van der Waals surface area contributed by atoms with Crippen molar-refractivity contribution in [3.05, 3.63) is 136 Å². The molecule has 0 atom stereocenters. The third-order valence-electron chi connectivity index (χ3n) is 5.30. The molecule has 0 radical (unpaired) electrons. The predicted molar refractivity (Wildman–Crippen MR) is 143 cm³/mol. The molecule has 4 rings (SSSR count). The Labute approximate surface area is 221 Å². The molecule has 0 aliphatic carbocycles. The first-order valence-electron chi connectivity index (χ1n) is 10.2. The zero-order valence-corrected chi connectivity index (χ0v) is 21.8. The summed E-state index contributed by atoms with van der Waals surface area (Å²) in [5, 5.41) is 6.43. The average Bonchev–Trinajstić information content (AvgIpc) is 2.86. The number of hydrogen-bond donors (Lipinski definition) is 1. The normalized spacial score (nSPS) is 10.7. The van der Waals surface area contributed by atoms with Crippen molar-refractivity contribution in [2.75, 3.05) is 0 Å². The van der Waals surface area contributed by atoms with Crippen molar-refractivity contribution in [2.24, 2.45) is 0 Å². The van der Waals surface area contributed by atoms with Crippen molar-refractivity contribution in [1.29, 1.82) is 0 Å². The highest BCUT2D eigenvalue weighted by atomic mass is 35.5. The first-order chi connectivity index (χ1) is 16.0. The van der Waals surface area contributed by atoms with Gasteiger partial charge >= 0.3 is 0 Å². The van der Waals surface area contributed by atoms with Gasteiger partial charge in [-0.05, 0) is 48.5 Å². The van der Waals surface area contributed by atoms with Crippen LogP contribution >= 0.6 is 42.1 Å². The van der Waals surface area contributed by atoms with Crippen LogP contribution in [0.1, 0.15) is 10.4 Å². The highest BCUT2D eigenvalue weighted by molar-refractivity contribution is 7.99. The summed E-state index contributed by atoms with van der Waals surface area (Å²) in [6.45, 7) is 0. The topological polar surface area (TPSA) is 29.1 Å². The Kier molecular flexibility index (Phi) is 9.19. The van der Waals surface area contributed by atoms with Crippen LogP contribution in [0.15, 0.2) is 125 Å². The largest absolute Gasteiger partial charge is 1.00 e. The molecular weight excluding hydrogens is 527 g/mol. The Morgan fingerprint density at radius 3 is 1.38 bits per heavy atom. The van der Waals surface area contributed by atoms with Gasteiger partial charge in [-0.3, -0.25) is 10.1 Å². The molecule has 34 heavy (non-hydrogen) atoms. The zero-order valence-electron chi connectivity index (χ0n) is 17.8. The van der Waals surface area contributed by atoms with E-state index < -0.39 is 7.26 Å². The molecule has 0 spiro atoms. The first-order valence-corrected chi connectivity index (χ1v) is 13.1. The lowest BCUT2D eigenvalue weighted by Gasteiger charge is -2.29. The van der Waals surface area contributed by atoms with Gasteiger partial charge in [-0.1, -0.05) is 102 Å². The maximum Gasteiger partial charge on any atom is 0.259 e. The summed E-state index contributed by atoms with van der Waals surface area (Å²) in [5.41, 5.74) is 0.804. The molecule has 4 aromatic carbocycles. The standard InChI is InChI=1S/C27H19Cl3NOP.ClH/c28-24-19-11-10-18-23(24)26(32)31-27(25(29)30)33(20-12-4-1-5-13-20,21-14-6-2-7-15-21)22-16-8-3-9-17-22;/h1-19H;1H. The SMILES string of the molecule is O=C(NC(=C(Cl)Cl)[P+](c1ccccc1)(c1ccccc1)c1ccccc1)c1ccccc1Cl.[Cl-]. The third kappa shape index (κ3) is 5.18. The molecule has 0 saturated carbocycles. The van der Waals surface area contributed by atoms with E-state index in [9.17, 15) is 4.79 Å². The summed E-state index contributed by atoms with van der Waals surface area (Å²) < 4.78 is 0.000274. The van der Waals surface area contributed by atoms with Gasteiger partial charge in [0.1, 0.15) is 15.9 Å². The van der Waals surface area contributed by atoms with E-state index >= 15 is 0 Å². The molecule has 4 aromatic rings. The van der Waals surface area contributed by atoms with Crippen LogP contribution in [0.25, 0.3) is 0 Å². The van der Waals surface area contributed by atoms with Crippen LogP contribution in [-0.2, 0) is 0 Å². The van der Waals surface area contributed by atoms with E-state index in [1.54, 1.807) is 24.3 Å². The van der Waals surface area contributed by atoms with E-state index in [0.29, 0.717) is 16.0 Å². The summed E-state index contributed by atoms with van der Waals surface area (Å²) >= 11 is 19.5. The first kappa shape index (κ1) is 26.3. The lowest BCUT2D eigenvalue weighted by atomic mass is 10.2. The minimum absolute atomic E-state index is 0. The summed E-state index contributed by atoms with van der Waals surface area (Å²) in [7, 11) is -2.67. The van der Waals surface area contributed by atoms with Gasteiger partial charge in [-0.2, -0.15) is 0 Å². The number of amides is 1. The number of hydrogen-bond acceptors (Lipinski definition) is 1. The second-order valence-electron chi connectivity index (χ2n) is 7.22. The van der Waals surface area contributed by atoms with E-state index in [0.717, 1.165) is 15.9 Å². The molecular formula is C27H20Cl4NOP. The lowest BCUT2D eigenvalue weighted by Crippen LogP contribution is -3.00. The highest BCUT2D eigenvalue weighted by Gasteiger charge is 2.52. The number of carbonyl (C=O) groups excluding carboxylic acids is 1. The van der Waals surface area contributed by atoms with Gasteiger partial charge in [0.15, 0.2) is 11.8 Å². The summed E-state index contributed by atoms with van der Waals surface area (Å²) in [6.07, 6.45) is 0. The second kappa shape index (κ2) is 11.9. The number of nitrogens with one attached hydrogen (secondary N) is 1. The van der Waals surface area contributed by atoms with Gasteiger partial charge in [0.05, 0.1) is 10.6 Å². The van der Waals surface area contributed by atoms with E-state index in [-0.39, 0.29) is 22.8 Å². The van der Waals surface area contributed by atoms with Gasteiger partial charge in [-0.15, -0.1) is 0 Å². The molecule has 0 fully saturated rings. The Balaban J connectivity index is 0.00000324. The van der Waals surface area contributed by atoms with Crippen LogP contribution in [0.4, 0.5) is 0 Å². The molecule has 1 N–H and O–H groups in total. The lowest BCUT2D eigenvalue weighted by molar-refractivity contribution is -0.0000144. The van der Waals surface area contributed by atoms with Gasteiger partial charge in [0.25, 0.3) is 5.91 Å². The molecule has 0 aliphatic rings. The number of rotatable bonds is 6. The van der Waals surface area contributed by atoms with Crippen molar-refractivity contribution in [3.8, 4) is 0 Å². The number of benzene rings is 4. The Morgan fingerprint density at radius 2 is 1.00 bits per heavy atom. The maximum absolute atomic E-state index is 13.4. The Hall–Kier alpha value is -2.32. The van der Waals surface area contributed by atoms with E-state index in [2.05, 4.69) is 5.32 Å². The molecule has 2 nitrogen and oxygen atoms in total. The summed E-state index contributed by atoms with van der Waals surface area (Å²) in [4.78, 5) is 13.4. The van der Waals surface area contributed by atoms with Crippen molar-refractivity contribution in [3.63, 3.8) is 0 Å². The van der Waals surface area contributed by atoms with Gasteiger partial charge in [0.2, 0.25) is 5.44 Å². The van der Waals surface area contributed by atoms with Crippen molar-refractivity contribution < 1.29 is 17.2 Å². The molecule has 0 bridgehead atoms. The van der Waals surface area contributed by atoms with Crippen LogP contribution < -0.4 is 33.6 Å². The molecule has 0 aliphatic heterocycles. The second-order valence-corrected chi connectivity index (χ2v) is 11.9. The third-order valence-corrected chi connectivity index (χ3v) is 10.5. The molecule has 0 heterocycles. The van der Waals surface area contributed by atoms with Gasteiger partial charge < -0.3 is 12.4 Å². The van der Waals surface area contributed by atoms with E-state index in [1.165, 1.54) is 0 Å². The number of halogens is 4. The zero-order chi connectivity index (χ0) is 23.3. The van der Waals surface area contributed by atoms with Crippen LogP contribution in [0.5, 0.6) is 0 Å². The molecule has 172 valence electrons. The Morgan fingerprint density at radius 1 is 0.618 bits per heavy atom. The molecule has 0 saturated heterocycles. The quantitative estimate of drug-likeness (QED) is 0.367. The number of carbonyl (C=O) groups is 1. The van der Waals surface area contributed by atoms with Crippen LogP contribution in [0, 0.1) is 0 Å². The highest BCUT2D eigenvalue weighted by Crippen LogP contribution is 2.63. The monoisotopic (exact) mass is 545 g/mol. The van der Waals surface area contributed by atoms with Crippen LogP contribution in [0.3, 0.4) is 0 Å². The molecule has 0 unspecified atom stereocenters. The minimum Gasteiger partial charge on any atom is -1.00 e. The average molecular weight is 547 g/mol. The fraction of sp³-hybridized carbons (Fsp3) is 0. The Bertz CT molecular complexity index is 1180. The fourth-order valence-electron chi connectivity index (χ4n) is 3.87. The van der Waals surface area contributed by atoms with Gasteiger partial charge in [0, 0.05) is 0 Å². The van der Waals surface area contributed by atoms with Gasteiger partial charge in [-0.25, -0.2) is 0 Å². The summed E-state index contributed by atoms with van der Waals surface area (Å²) in [5.74, 6) is -0.374. The molecule has 1 amide bonds. The van der Waals surface area contributed by atoms with Crippen molar-refractivity contribution >= 4 is 63.9 Å².